The largest absolute Gasteiger partial charge is 0.489 e. The van der Waals surface area contributed by atoms with Crippen LogP contribution in [0.2, 0.25) is 0 Å². The van der Waals surface area contributed by atoms with E-state index in [0.717, 1.165) is 68.0 Å². The van der Waals surface area contributed by atoms with Crippen molar-refractivity contribution in [3.05, 3.63) is 60.7 Å². The lowest BCUT2D eigenvalue weighted by Gasteiger charge is -2.22. The molecule has 2 aliphatic heterocycles. The van der Waals surface area contributed by atoms with Crippen LogP contribution in [-0.2, 0) is 9.47 Å². The third kappa shape index (κ3) is 3.87. The molecule has 0 N–H and O–H groups in total. The van der Waals surface area contributed by atoms with Crippen LogP contribution in [-0.4, -0.2) is 38.6 Å². The molecule has 0 radical (unpaired) electrons. The maximum absolute atomic E-state index is 6.40. The molecule has 2 aliphatic rings. The highest BCUT2D eigenvalue weighted by Crippen LogP contribution is 2.45. The standard InChI is InChI=1S/C26H24O4P2/c31-21-9-15-5-1-3-7-19(15)23(25(21)29-13-17-11-27-17)24-20-8-4-2-6-16(20)10-22(32)26(24)30-14-18-12-28-18/h1-10,17-18H,11-14,31-32H2. The molecule has 2 saturated heterocycles. The van der Waals surface area contributed by atoms with E-state index in [2.05, 4.69) is 79.1 Å². The average molecular weight is 462 g/mol. The first-order valence-corrected chi connectivity index (χ1v) is 12.0. The van der Waals surface area contributed by atoms with Crippen molar-refractivity contribution in [2.24, 2.45) is 0 Å². The Bertz CT molecular complexity index is 1230. The number of hydrogen-bond acceptors (Lipinski definition) is 4. The summed E-state index contributed by atoms with van der Waals surface area (Å²) < 4.78 is 23.6. The van der Waals surface area contributed by atoms with E-state index < -0.39 is 0 Å². The van der Waals surface area contributed by atoms with Crippen molar-refractivity contribution < 1.29 is 18.9 Å². The molecule has 4 atom stereocenters. The van der Waals surface area contributed by atoms with E-state index >= 15 is 0 Å². The Morgan fingerprint density at radius 1 is 0.688 bits per heavy atom. The minimum Gasteiger partial charge on any atom is -0.489 e. The molecule has 4 aromatic carbocycles. The van der Waals surface area contributed by atoms with Crippen LogP contribution < -0.4 is 20.1 Å². The second-order valence-corrected chi connectivity index (χ2v) is 9.56. The van der Waals surface area contributed by atoms with Crippen LogP contribution >= 0.6 is 18.5 Å². The van der Waals surface area contributed by atoms with Crippen molar-refractivity contribution in [2.45, 2.75) is 12.2 Å². The van der Waals surface area contributed by atoms with Gasteiger partial charge in [0.1, 0.15) is 36.9 Å². The predicted octanol–water partition coefficient (Wildman–Crippen LogP) is 4.22. The fraction of sp³-hybridized carbons (Fsp3) is 0.231. The zero-order valence-electron chi connectivity index (χ0n) is 17.5. The first-order valence-electron chi connectivity index (χ1n) is 10.8. The summed E-state index contributed by atoms with van der Waals surface area (Å²) in [6.45, 7) is 2.60. The van der Waals surface area contributed by atoms with E-state index in [-0.39, 0.29) is 12.2 Å². The highest BCUT2D eigenvalue weighted by atomic mass is 31.0. The second kappa shape index (κ2) is 8.28. The first-order chi connectivity index (χ1) is 15.7. The Hall–Kier alpha value is -2.22. The summed E-state index contributed by atoms with van der Waals surface area (Å²) >= 11 is 0. The minimum atomic E-state index is 0.172. The number of ether oxygens (including phenoxy) is 4. The summed E-state index contributed by atoms with van der Waals surface area (Å²) in [4.78, 5) is 0. The highest BCUT2D eigenvalue weighted by molar-refractivity contribution is 7.28. The van der Waals surface area contributed by atoms with Gasteiger partial charge in [-0.05, 0) is 33.7 Å². The zero-order chi connectivity index (χ0) is 21.7. The molecule has 0 spiro atoms. The molecule has 0 bridgehead atoms. The fourth-order valence-corrected chi connectivity index (χ4v) is 5.00. The smallest absolute Gasteiger partial charge is 0.135 e. The van der Waals surface area contributed by atoms with E-state index in [1.54, 1.807) is 0 Å². The van der Waals surface area contributed by atoms with Crippen molar-refractivity contribution in [1.29, 1.82) is 0 Å². The van der Waals surface area contributed by atoms with Crippen LogP contribution in [0, 0.1) is 0 Å². The average Bonchev–Trinajstić information content (AvgIpc) is 3.71. The maximum atomic E-state index is 6.40. The second-order valence-electron chi connectivity index (χ2n) is 8.31. The Morgan fingerprint density at radius 3 is 1.50 bits per heavy atom. The van der Waals surface area contributed by atoms with Crippen LogP contribution in [0.25, 0.3) is 32.7 Å². The quantitative estimate of drug-likeness (QED) is 0.305. The lowest BCUT2D eigenvalue weighted by molar-refractivity contribution is 0.263. The monoisotopic (exact) mass is 462 g/mol. The van der Waals surface area contributed by atoms with Crippen molar-refractivity contribution in [3.8, 4) is 22.6 Å². The Balaban J connectivity index is 1.65. The van der Waals surface area contributed by atoms with Gasteiger partial charge in [0.05, 0.1) is 13.2 Å². The third-order valence-corrected chi connectivity index (χ3v) is 6.80. The summed E-state index contributed by atoms with van der Waals surface area (Å²) in [7, 11) is 5.71. The first kappa shape index (κ1) is 20.4. The molecule has 0 aromatic heterocycles. The molecule has 4 nitrogen and oxygen atoms in total. The Labute approximate surface area is 191 Å². The van der Waals surface area contributed by atoms with Gasteiger partial charge in [-0.15, -0.1) is 18.5 Å². The topological polar surface area (TPSA) is 43.5 Å². The fourth-order valence-electron chi connectivity index (χ4n) is 4.19. The van der Waals surface area contributed by atoms with Crippen molar-refractivity contribution in [3.63, 3.8) is 0 Å². The molecule has 32 heavy (non-hydrogen) atoms. The molecular formula is C26H24O4P2. The molecule has 6 rings (SSSR count). The Morgan fingerprint density at radius 2 is 1.09 bits per heavy atom. The molecular weight excluding hydrogens is 438 g/mol. The number of benzene rings is 4. The van der Waals surface area contributed by atoms with Crippen LogP contribution in [0.5, 0.6) is 11.5 Å². The molecule has 162 valence electrons. The summed E-state index contributed by atoms with van der Waals surface area (Å²) in [6, 6.07) is 21.2. The summed E-state index contributed by atoms with van der Waals surface area (Å²) in [5.41, 5.74) is 2.11. The maximum Gasteiger partial charge on any atom is 0.135 e. The summed E-state index contributed by atoms with van der Waals surface area (Å²) in [6.07, 6.45) is 0.345. The number of rotatable bonds is 7. The number of hydrogen-bond donors (Lipinski definition) is 0. The summed E-state index contributed by atoms with van der Waals surface area (Å²) in [5, 5.41) is 6.65. The van der Waals surface area contributed by atoms with Gasteiger partial charge in [0.15, 0.2) is 0 Å². The van der Waals surface area contributed by atoms with E-state index in [1.165, 1.54) is 0 Å². The zero-order valence-corrected chi connectivity index (χ0v) is 19.9. The molecule has 0 aliphatic carbocycles. The normalized spacial score (nSPS) is 19.3. The SMILES string of the molecule is Pc1cc2ccccc2c(-c2c(OCC3CO3)c(P)cc3ccccc23)c1OCC1CO1. The molecule has 4 unspecified atom stereocenters. The molecule has 0 saturated carbocycles. The van der Waals surface area contributed by atoms with Crippen molar-refractivity contribution >= 4 is 50.6 Å². The van der Waals surface area contributed by atoms with Gasteiger partial charge in [0.2, 0.25) is 0 Å². The minimum absolute atomic E-state index is 0.172. The van der Waals surface area contributed by atoms with Crippen molar-refractivity contribution in [2.75, 3.05) is 26.4 Å². The van der Waals surface area contributed by atoms with Gasteiger partial charge in [-0.3, -0.25) is 0 Å². The van der Waals surface area contributed by atoms with Crippen LogP contribution in [0.1, 0.15) is 0 Å². The van der Waals surface area contributed by atoms with Gasteiger partial charge in [0, 0.05) is 21.7 Å². The lowest BCUT2D eigenvalue weighted by atomic mass is 9.92. The molecule has 2 fully saturated rings. The van der Waals surface area contributed by atoms with Gasteiger partial charge in [-0.25, -0.2) is 0 Å². The van der Waals surface area contributed by atoms with Gasteiger partial charge in [0.25, 0.3) is 0 Å². The molecule has 4 aromatic rings. The van der Waals surface area contributed by atoms with Crippen molar-refractivity contribution in [1.82, 2.24) is 0 Å². The van der Waals surface area contributed by atoms with Gasteiger partial charge in [-0.1, -0.05) is 48.5 Å². The lowest BCUT2D eigenvalue weighted by Crippen LogP contribution is -2.13. The van der Waals surface area contributed by atoms with Crippen LogP contribution in [0.4, 0.5) is 0 Å². The van der Waals surface area contributed by atoms with Gasteiger partial charge < -0.3 is 18.9 Å². The van der Waals surface area contributed by atoms with E-state index in [4.69, 9.17) is 18.9 Å². The van der Waals surface area contributed by atoms with Crippen LogP contribution in [0.3, 0.4) is 0 Å². The summed E-state index contributed by atoms with van der Waals surface area (Å²) in [5.74, 6) is 1.72. The third-order valence-electron chi connectivity index (χ3n) is 5.94. The van der Waals surface area contributed by atoms with E-state index in [1.807, 2.05) is 0 Å². The molecule has 0 amide bonds. The molecule has 2 heterocycles. The van der Waals surface area contributed by atoms with Gasteiger partial charge in [-0.2, -0.15) is 0 Å². The predicted molar refractivity (Wildman–Crippen MR) is 136 cm³/mol. The van der Waals surface area contributed by atoms with Gasteiger partial charge >= 0.3 is 0 Å². The molecule has 6 heteroatoms. The number of epoxide rings is 2. The number of fused-ring (bicyclic) bond motifs is 2. The Kier molecular flexibility index (Phi) is 5.28. The van der Waals surface area contributed by atoms with Crippen LogP contribution in [0.15, 0.2) is 60.7 Å². The van der Waals surface area contributed by atoms with E-state index in [9.17, 15) is 0 Å². The van der Waals surface area contributed by atoms with E-state index in [0.29, 0.717) is 13.2 Å². The highest BCUT2D eigenvalue weighted by Gasteiger charge is 2.28.